The van der Waals surface area contributed by atoms with Crippen LogP contribution in [0.4, 0.5) is 5.69 Å². The van der Waals surface area contributed by atoms with E-state index in [0.29, 0.717) is 30.8 Å². The highest BCUT2D eigenvalue weighted by Crippen LogP contribution is 2.25. The fourth-order valence-corrected chi connectivity index (χ4v) is 5.66. The van der Waals surface area contributed by atoms with E-state index >= 15 is 0 Å². The van der Waals surface area contributed by atoms with Crippen LogP contribution >= 0.6 is 0 Å². The Morgan fingerprint density at radius 1 is 0.970 bits per heavy atom. The van der Waals surface area contributed by atoms with Gasteiger partial charge in [0, 0.05) is 18.8 Å². The average Bonchev–Trinajstić information content (AvgIpc) is 2.82. The van der Waals surface area contributed by atoms with E-state index in [1.807, 2.05) is 61.5 Å². The van der Waals surface area contributed by atoms with Gasteiger partial charge >= 0.3 is 0 Å². The van der Waals surface area contributed by atoms with Crippen LogP contribution in [-0.2, 0) is 20.6 Å². The molecule has 4 rings (SSSR count). The van der Waals surface area contributed by atoms with Crippen LogP contribution in [0.2, 0.25) is 0 Å². The molecule has 1 fully saturated rings. The number of sulfonamides is 1. The minimum atomic E-state index is -3.50. The number of anilines is 1. The lowest BCUT2D eigenvalue weighted by molar-refractivity contribution is -0.120. The van der Waals surface area contributed by atoms with E-state index in [9.17, 15) is 13.2 Å². The summed E-state index contributed by atoms with van der Waals surface area (Å²) in [4.78, 5) is 12.9. The van der Waals surface area contributed by atoms with Gasteiger partial charge in [-0.3, -0.25) is 4.79 Å². The van der Waals surface area contributed by atoms with E-state index in [2.05, 4.69) is 5.32 Å². The maximum absolute atomic E-state index is 13.0. The van der Waals surface area contributed by atoms with Crippen molar-refractivity contribution >= 4 is 21.6 Å². The van der Waals surface area contributed by atoms with Crippen molar-refractivity contribution in [1.29, 1.82) is 0 Å². The maximum atomic E-state index is 13.0. The summed E-state index contributed by atoms with van der Waals surface area (Å²) in [7, 11) is -3.50. The van der Waals surface area contributed by atoms with Crippen LogP contribution in [-0.4, -0.2) is 31.7 Å². The number of carbonyl (C=O) groups is 1. The lowest BCUT2D eigenvalue weighted by atomic mass is 9.99. The SMILES string of the molecule is Cc1ccccc1CS(=O)(=O)N1CCC[C@@H](C(=O)Nc2ccc(Oc3ccccc3)cc2)C1. The number of rotatable bonds is 7. The Kier molecular flexibility index (Phi) is 7.11. The van der Waals surface area contributed by atoms with Gasteiger partial charge in [-0.05, 0) is 67.3 Å². The average molecular weight is 465 g/mol. The summed E-state index contributed by atoms with van der Waals surface area (Å²) >= 11 is 0. The summed E-state index contributed by atoms with van der Waals surface area (Å²) in [6.07, 6.45) is 1.33. The molecule has 0 aliphatic carbocycles. The maximum Gasteiger partial charge on any atom is 0.228 e. The van der Waals surface area contributed by atoms with E-state index in [4.69, 9.17) is 4.74 Å². The van der Waals surface area contributed by atoms with Crippen LogP contribution < -0.4 is 10.1 Å². The van der Waals surface area contributed by atoms with Gasteiger partial charge in [0.05, 0.1) is 11.7 Å². The first-order valence-electron chi connectivity index (χ1n) is 11.1. The summed E-state index contributed by atoms with van der Waals surface area (Å²) < 4.78 is 33.2. The number of piperidine rings is 1. The fourth-order valence-electron chi connectivity index (χ4n) is 3.94. The Labute approximate surface area is 195 Å². The van der Waals surface area contributed by atoms with Crippen molar-refractivity contribution in [2.75, 3.05) is 18.4 Å². The van der Waals surface area contributed by atoms with Gasteiger partial charge in [-0.1, -0.05) is 42.5 Å². The number of aryl methyl sites for hydroxylation is 1. The summed E-state index contributed by atoms with van der Waals surface area (Å²) in [5.74, 6) is 0.818. The number of ether oxygens (including phenoxy) is 1. The van der Waals surface area contributed by atoms with Crippen LogP contribution in [0.25, 0.3) is 0 Å². The first-order chi connectivity index (χ1) is 15.9. The van der Waals surface area contributed by atoms with Gasteiger partial charge in [0.25, 0.3) is 0 Å². The number of para-hydroxylation sites is 1. The molecule has 172 valence electrons. The second kappa shape index (κ2) is 10.2. The van der Waals surface area contributed by atoms with E-state index in [1.54, 1.807) is 24.3 Å². The summed E-state index contributed by atoms with van der Waals surface area (Å²) in [5, 5.41) is 2.92. The Morgan fingerprint density at radius 3 is 2.36 bits per heavy atom. The lowest BCUT2D eigenvalue weighted by Crippen LogP contribution is -2.44. The quantitative estimate of drug-likeness (QED) is 0.536. The number of benzene rings is 3. The second-order valence-corrected chi connectivity index (χ2v) is 10.3. The van der Waals surface area contributed by atoms with Crippen molar-refractivity contribution in [2.45, 2.75) is 25.5 Å². The molecule has 7 heteroatoms. The number of nitrogens with zero attached hydrogens (tertiary/aromatic N) is 1. The van der Waals surface area contributed by atoms with Gasteiger partial charge in [-0.15, -0.1) is 0 Å². The van der Waals surface area contributed by atoms with Crippen molar-refractivity contribution in [3.05, 3.63) is 90.0 Å². The smallest absolute Gasteiger partial charge is 0.228 e. The first-order valence-corrected chi connectivity index (χ1v) is 12.7. The van der Waals surface area contributed by atoms with Gasteiger partial charge in [0.2, 0.25) is 15.9 Å². The highest BCUT2D eigenvalue weighted by atomic mass is 32.2. The molecule has 6 nitrogen and oxygen atoms in total. The molecular weight excluding hydrogens is 436 g/mol. The molecule has 0 aromatic heterocycles. The van der Waals surface area contributed by atoms with Gasteiger partial charge < -0.3 is 10.1 Å². The summed E-state index contributed by atoms with van der Waals surface area (Å²) in [5.41, 5.74) is 2.40. The molecule has 0 spiro atoms. The summed E-state index contributed by atoms with van der Waals surface area (Å²) in [6, 6.07) is 24.1. The highest BCUT2D eigenvalue weighted by Gasteiger charge is 2.32. The molecule has 1 saturated heterocycles. The molecular formula is C26H28N2O4S. The zero-order valence-electron chi connectivity index (χ0n) is 18.6. The van der Waals surface area contributed by atoms with E-state index in [0.717, 1.165) is 16.9 Å². The molecule has 1 aliphatic rings. The van der Waals surface area contributed by atoms with Crippen molar-refractivity contribution in [1.82, 2.24) is 4.31 Å². The summed E-state index contributed by atoms with van der Waals surface area (Å²) in [6.45, 7) is 2.56. The third-order valence-corrected chi connectivity index (χ3v) is 7.64. The molecule has 1 aliphatic heterocycles. The molecule has 1 atom stereocenters. The third kappa shape index (κ3) is 6.00. The number of hydrogen-bond acceptors (Lipinski definition) is 4. The number of amides is 1. The first kappa shape index (κ1) is 23.0. The zero-order chi connectivity index (χ0) is 23.3. The minimum Gasteiger partial charge on any atom is -0.457 e. The van der Waals surface area contributed by atoms with Crippen molar-refractivity contribution in [2.24, 2.45) is 5.92 Å². The van der Waals surface area contributed by atoms with Gasteiger partial charge in [0.15, 0.2) is 0 Å². The van der Waals surface area contributed by atoms with Crippen molar-refractivity contribution < 1.29 is 17.9 Å². The Balaban J connectivity index is 1.36. The lowest BCUT2D eigenvalue weighted by Gasteiger charge is -2.31. The Hall–Kier alpha value is -3.16. The number of nitrogens with one attached hydrogen (secondary N) is 1. The fraction of sp³-hybridized carbons (Fsp3) is 0.269. The van der Waals surface area contributed by atoms with Crippen LogP contribution in [0.5, 0.6) is 11.5 Å². The molecule has 0 saturated carbocycles. The highest BCUT2D eigenvalue weighted by molar-refractivity contribution is 7.88. The van der Waals surface area contributed by atoms with E-state index in [-0.39, 0.29) is 24.1 Å². The zero-order valence-corrected chi connectivity index (χ0v) is 19.4. The van der Waals surface area contributed by atoms with E-state index < -0.39 is 10.0 Å². The molecule has 0 unspecified atom stereocenters. The number of carbonyl (C=O) groups excluding carboxylic acids is 1. The molecule has 3 aromatic carbocycles. The van der Waals surface area contributed by atoms with Crippen molar-refractivity contribution in [3.8, 4) is 11.5 Å². The monoisotopic (exact) mass is 464 g/mol. The van der Waals surface area contributed by atoms with Crippen LogP contribution in [0.3, 0.4) is 0 Å². The van der Waals surface area contributed by atoms with E-state index in [1.165, 1.54) is 4.31 Å². The second-order valence-electron chi connectivity index (χ2n) is 8.31. The molecule has 3 aromatic rings. The molecule has 1 N–H and O–H groups in total. The molecule has 1 heterocycles. The minimum absolute atomic E-state index is 0.0448. The van der Waals surface area contributed by atoms with Crippen LogP contribution in [0.1, 0.15) is 24.0 Å². The van der Waals surface area contributed by atoms with Crippen LogP contribution in [0, 0.1) is 12.8 Å². The molecule has 1 amide bonds. The largest absolute Gasteiger partial charge is 0.457 e. The Bertz CT molecular complexity index is 1190. The molecule has 0 radical (unpaired) electrons. The van der Waals surface area contributed by atoms with Gasteiger partial charge in [-0.2, -0.15) is 0 Å². The Morgan fingerprint density at radius 2 is 1.64 bits per heavy atom. The van der Waals surface area contributed by atoms with Gasteiger partial charge in [0.1, 0.15) is 11.5 Å². The predicted octanol–water partition coefficient (Wildman–Crippen LogP) is 4.97. The van der Waals surface area contributed by atoms with Crippen molar-refractivity contribution in [3.63, 3.8) is 0 Å². The topological polar surface area (TPSA) is 75.7 Å². The molecule has 33 heavy (non-hydrogen) atoms. The predicted molar refractivity (Wildman–Crippen MR) is 130 cm³/mol. The number of hydrogen-bond donors (Lipinski definition) is 1. The molecule has 0 bridgehead atoms. The van der Waals surface area contributed by atoms with Gasteiger partial charge in [-0.25, -0.2) is 12.7 Å². The third-order valence-electron chi connectivity index (χ3n) is 5.85. The normalized spacial score (nSPS) is 16.8. The van der Waals surface area contributed by atoms with Crippen LogP contribution in [0.15, 0.2) is 78.9 Å². The standard InChI is InChI=1S/C26H28N2O4S/c1-20-8-5-6-9-22(20)19-33(30,31)28-17-7-10-21(18-28)26(29)27-23-13-15-25(16-14-23)32-24-11-3-2-4-12-24/h2-6,8-9,11-16,21H,7,10,17-19H2,1H3,(H,27,29)/t21-/m1/s1.